The highest BCUT2D eigenvalue weighted by atomic mass is 16.2. The maximum atomic E-state index is 12.1. The van der Waals surface area contributed by atoms with E-state index in [0.29, 0.717) is 5.82 Å². The smallest absolute Gasteiger partial charge is 0.323 e. The van der Waals surface area contributed by atoms with E-state index in [1.807, 2.05) is 15.7 Å². The number of rotatable bonds is 2. The van der Waals surface area contributed by atoms with Gasteiger partial charge in [0.1, 0.15) is 0 Å². The average molecular weight is 248 g/mol. The Morgan fingerprint density at radius 2 is 2.17 bits per heavy atom. The number of anilines is 1. The molecule has 2 aliphatic rings. The summed E-state index contributed by atoms with van der Waals surface area (Å²) in [4.78, 5) is 18.2. The number of carbonyl (C=O) groups is 1. The van der Waals surface area contributed by atoms with Crippen LogP contribution in [0.1, 0.15) is 26.2 Å². The molecule has 0 spiro atoms. The molecule has 2 atom stereocenters. The molecule has 1 N–H and O–H groups in total. The Kier molecular flexibility index (Phi) is 2.97. The van der Waals surface area contributed by atoms with Crippen LogP contribution < -0.4 is 5.32 Å². The minimum Gasteiger partial charge on any atom is -0.336 e. The second-order valence-corrected chi connectivity index (χ2v) is 5.38. The molecule has 1 aromatic heterocycles. The highest BCUT2D eigenvalue weighted by Crippen LogP contribution is 2.37. The van der Waals surface area contributed by atoms with Crippen LogP contribution >= 0.6 is 0 Å². The standard InChI is InChI=1S/C13H20N4O/c1-2-16-8-12(14-9-16)15-13(18)17-6-10-4-3-5-11(10)7-17/h8-11H,2-7H2,1H3,(H,15,18). The number of hydrogen-bond donors (Lipinski definition) is 1. The Labute approximate surface area is 107 Å². The summed E-state index contributed by atoms with van der Waals surface area (Å²) in [5.41, 5.74) is 0. The van der Waals surface area contributed by atoms with Gasteiger partial charge < -0.3 is 9.47 Å². The van der Waals surface area contributed by atoms with Crippen molar-refractivity contribution in [2.45, 2.75) is 32.7 Å². The van der Waals surface area contributed by atoms with Crippen molar-refractivity contribution in [2.75, 3.05) is 18.4 Å². The number of likely N-dealkylation sites (tertiary alicyclic amines) is 1. The van der Waals surface area contributed by atoms with Gasteiger partial charge in [-0.1, -0.05) is 6.42 Å². The van der Waals surface area contributed by atoms with Gasteiger partial charge in [-0.05, 0) is 31.6 Å². The monoisotopic (exact) mass is 248 g/mol. The Bertz CT molecular complexity index is 430. The third-order valence-electron chi connectivity index (χ3n) is 4.25. The number of carbonyl (C=O) groups excluding carboxylic acids is 1. The van der Waals surface area contributed by atoms with Crippen LogP contribution in [0.15, 0.2) is 12.5 Å². The first-order valence-corrected chi connectivity index (χ1v) is 6.84. The van der Waals surface area contributed by atoms with Crippen molar-refractivity contribution in [2.24, 2.45) is 11.8 Å². The fourth-order valence-corrected chi connectivity index (χ4v) is 3.19. The Hall–Kier alpha value is -1.52. The second-order valence-electron chi connectivity index (χ2n) is 5.38. The van der Waals surface area contributed by atoms with E-state index in [1.165, 1.54) is 19.3 Å². The lowest BCUT2D eigenvalue weighted by molar-refractivity contribution is 0.219. The summed E-state index contributed by atoms with van der Waals surface area (Å²) in [5, 5.41) is 2.88. The van der Waals surface area contributed by atoms with Crippen LogP contribution in [0.2, 0.25) is 0 Å². The van der Waals surface area contributed by atoms with E-state index in [9.17, 15) is 4.79 Å². The summed E-state index contributed by atoms with van der Waals surface area (Å²) in [6.45, 7) is 4.77. The van der Waals surface area contributed by atoms with E-state index in [2.05, 4.69) is 17.2 Å². The summed E-state index contributed by atoms with van der Waals surface area (Å²) in [5.74, 6) is 2.13. The molecule has 3 rings (SSSR count). The number of aromatic nitrogens is 2. The maximum Gasteiger partial charge on any atom is 0.323 e. The molecule has 1 aliphatic carbocycles. The zero-order chi connectivity index (χ0) is 12.5. The number of amides is 2. The van der Waals surface area contributed by atoms with Gasteiger partial charge in [0.15, 0.2) is 5.82 Å². The molecule has 5 nitrogen and oxygen atoms in total. The van der Waals surface area contributed by atoms with Crippen LogP contribution in [0.5, 0.6) is 0 Å². The molecule has 1 aliphatic heterocycles. The first kappa shape index (κ1) is 11.6. The van der Waals surface area contributed by atoms with E-state index in [-0.39, 0.29) is 6.03 Å². The first-order valence-electron chi connectivity index (χ1n) is 6.84. The number of aryl methyl sites for hydroxylation is 1. The Morgan fingerprint density at radius 3 is 2.78 bits per heavy atom. The summed E-state index contributed by atoms with van der Waals surface area (Å²) in [7, 11) is 0. The molecule has 0 radical (unpaired) electrons. The van der Waals surface area contributed by atoms with Crippen molar-refractivity contribution in [3.8, 4) is 0 Å². The highest BCUT2D eigenvalue weighted by molar-refractivity contribution is 5.88. The molecule has 2 amide bonds. The largest absolute Gasteiger partial charge is 0.336 e. The summed E-state index contributed by atoms with van der Waals surface area (Å²) in [6, 6.07) is 0.00533. The number of hydrogen-bond acceptors (Lipinski definition) is 2. The predicted octanol–water partition coefficient (Wildman–Crippen LogP) is 2.17. The molecule has 2 unspecified atom stereocenters. The number of fused-ring (bicyclic) bond motifs is 1. The van der Waals surface area contributed by atoms with Gasteiger partial charge in [0, 0.05) is 25.8 Å². The first-order chi connectivity index (χ1) is 8.76. The van der Waals surface area contributed by atoms with Crippen LogP contribution in [0, 0.1) is 11.8 Å². The fraction of sp³-hybridized carbons (Fsp3) is 0.692. The van der Waals surface area contributed by atoms with Crippen LogP contribution in [0.4, 0.5) is 10.6 Å². The molecule has 0 bridgehead atoms. The number of nitrogens with one attached hydrogen (secondary N) is 1. The van der Waals surface area contributed by atoms with Crippen molar-refractivity contribution in [3.05, 3.63) is 12.5 Å². The van der Waals surface area contributed by atoms with Gasteiger partial charge in [0.2, 0.25) is 0 Å². The molecule has 5 heteroatoms. The van der Waals surface area contributed by atoms with Gasteiger partial charge in [-0.15, -0.1) is 0 Å². The lowest BCUT2D eigenvalue weighted by atomic mass is 10.0. The number of urea groups is 1. The van der Waals surface area contributed by atoms with E-state index in [1.54, 1.807) is 6.33 Å². The van der Waals surface area contributed by atoms with Crippen LogP contribution in [-0.4, -0.2) is 33.6 Å². The second kappa shape index (κ2) is 4.63. The topological polar surface area (TPSA) is 50.2 Å². The van der Waals surface area contributed by atoms with Gasteiger partial charge in [0.25, 0.3) is 0 Å². The molecule has 0 aromatic carbocycles. The van der Waals surface area contributed by atoms with Crippen molar-refractivity contribution in [3.63, 3.8) is 0 Å². The van der Waals surface area contributed by atoms with Crippen molar-refractivity contribution in [1.29, 1.82) is 0 Å². The van der Waals surface area contributed by atoms with Gasteiger partial charge in [-0.25, -0.2) is 9.78 Å². The fourth-order valence-electron chi connectivity index (χ4n) is 3.19. The molecular formula is C13H20N4O. The number of imidazole rings is 1. The SMILES string of the molecule is CCn1cnc(NC(=O)N2CC3CCCC3C2)c1. The highest BCUT2D eigenvalue weighted by Gasteiger charge is 2.38. The minimum atomic E-state index is 0.00533. The van der Waals surface area contributed by atoms with E-state index >= 15 is 0 Å². The third-order valence-corrected chi connectivity index (χ3v) is 4.25. The predicted molar refractivity (Wildman–Crippen MR) is 69.3 cm³/mol. The molecule has 2 heterocycles. The third kappa shape index (κ3) is 2.09. The van der Waals surface area contributed by atoms with Crippen LogP contribution in [0.25, 0.3) is 0 Å². The molecular weight excluding hydrogens is 228 g/mol. The van der Waals surface area contributed by atoms with E-state index in [0.717, 1.165) is 31.5 Å². The van der Waals surface area contributed by atoms with Gasteiger partial charge in [-0.3, -0.25) is 5.32 Å². The zero-order valence-electron chi connectivity index (χ0n) is 10.8. The van der Waals surface area contributed by atoms with Gasteiger partial charge in [-0.2, -0.15) is 0 Å². The Morgan fingerprint density at radius 1 is 1.44 bits per heavy atom. The van der Waals surface area contributed by atoms with Gasteiger partial charge in [0.05, 0.1) is 6.33 Å². The van der Waals surface area contributed by atoms with Crippen LogP contribution in [-0.2, 0) is 6.54 Å². The molecule has 1 saturated heterocycles. The maximum absolute atomic E-state index is 12.1. The molecule has 1 aromatic rings. The van der Waals surface area contributed by atoms with Crippen molar-refractivity contribution in [1.82, 2.24) is 14.5 Å². The minimum absolute atomic E-state index is 0.00533. The van der Waals surface area contributed by atoms with Gasteiger partial charge >= 0.3 is 6.03 Å². The molecule has 2 fully saturated rings. The lowest BCUT2D eigenvalue weighted by Gasteiger charge is -2.17. The quantitative estimate of drug-likeness (QED) is 0.872. The lowest BCUT2D eigenvalue weighted by Crippen LogP contribution is -2.33. The van der Waals surface area contributed by atoms with Crippen LogP contribution in [0.3, 0.4) is 0 Å². The normalized spacial score (nSPS) is 26.4. The molecule has 98 valence electrons. The van der Waals surface area contributed by atoms with Crippen molar-refractivity contribution >= 4 is 11.8 Å². The zero-order valence-corrected chi connectivity index (χ0v) is 10.8. The molecule has 1 saturated carbocycles. The Balaban J connectivity index is 1.58. The summed E-state index contributed by atoms with van der Waals surface area (Å²) in [6.07, 6.45) is 7.53. The van der Waals surface area contributed by atoms with E-state index in [4.69, 9.17) is 0 Å². The summed E-state index contributed by atoms with van der Waals surface area (Å²) < 4.78 is 1.95. The van der Waals surface area contributed by atoms with E-state index < -0.39 is 0 Å². The summed E-state index contributed by atoms with van der Waals surface area (Å²) >= 11 is 0. The molecule has 18 heavy (non-hydrogen) atoms. The van der Waals surface area contributed by atoms with Crippen molar-refractivity contribution < 1.29 is 4.79 Å². The average Bonchev–Trinajstić information content (AvgIpc) is 3.02. The number of nitrogens with zero attached hydrogens (tertiary/aromatic N) is 3.